The Bertz CT molecular complexity index is 1130. The van der Waals surface area contributed by atoms with Gasteiger partial charge in [0.25, 0.3) is 10.0 Å². The number of anilines is 1. The van der Waals surface area contributed by atoms with E-state index in [1.807, 2.05) is 12.1 Å². The SMILES string of the molecule is CC(=O)c1ccc(N2CCN(S(=O)(=O)c3cc(-c4noc(C)n4)cs3)CC2)cc1. The molecule has 1 aromatic carbocycles. The average Bonchev–Trinajstić information content (AvgIpc) is 3.37. The highest BCUT2D eigenvalue weighted by Crippen LogP contribution is 2.30. The van der Waals surface area contributed by atoms with Gasteiger partial charge in [0.15, 0.2) is 5.78 Å². The number of aromatic nitrogens is 2. The number of carbonyl (C=O) groups excluding carboxylic acids is 1. The third-order valence-corrected chi connectivity index (χ3v) is 8.15. The molecule has 4 rings (SSSR count). The number of benzene rings is 1. The van der Waals surface area contributed by atoms with Gasteiger partial charge in [-0.05, 0) is 37.3 Å². The van der Waals surface area contributed by atoms with E-state index in [4.69, 9.17) is 4.52 Å². The van der Waals surface area contributed by atoms with E-state index in [2.05, 4.69) is 15.0 Å². The Hall–Kier alpha value is -2.56. The van der Waals surface area contributed by atoms with Crippen molar-refractivity contribution < 1.29 is 17.7 Å². The molecule has 0 radical (unpaired) electrons. The van der Waals surface area contributed by atoms with E-state index < -0.39 is 10.0 Å². The van der Waals surface area contributed by atoms with Gasteiger partial charge in [-0.1, -0.05) is 5.16 Å². The van der Waals surface area contributed by atoms with Crippen LogP contribution in [0.2, 0.25) is 0 Å². The molecule has 0 N–H and O–H groups in total. The van der Waals surface area contributed by atoms with Crippen LogP contribution in [-0.2, 0) is 10.0 Å². The van der Waals surface area contributed by atoms with Crippen LogP contribution in [-0.4, -0.2) is 54.8 Å². The summed E-state index contributed by atoms with van der Waals surface area (Å²) in [7, 11) is -3.57. The lowest BCUT2D eigenvalue weighted by Gasteiger charge is -2.35. The average molecular weight is 433 g/mol. The Morgan fingerprint density at radius 2 is 1.83 bits per heavy atom. The highest BCUT2D eigenvalue weighted by molar-refractivity contribution is 7.91. The molecule has 29 heavy (non-hydrogen) atoms. The zero-order chi connectivity index (χ0) is 20.6. The van der Waals surface area contributed by atoms with Gasteiger partial charge in [0.2, 0.25) is 11.7 Å². The molecular formula is C19H20N4O4S2. The van der Waals surface area contributed by atoms with Gasteiger partial charge in [-0.25, -0.2) is 8.42 Å². The minimum absolute atomic E-state index is 0.0266. The second-order valence-electron chi connectivity index (χ2n) is 6.79. The predicted octanol–water partition coefficient (Wildman–Crippen LogP) is 2.82. The molecule has 3 aromatic rings. The van der Waals surface area contributed by atoms with Crippen molar-refractivity contribution in [3.8, 4) is 11.4 Å². The normalized spacial score (nSPS) is 15.6. The van der Waals surface area contributed by atoms with E-state index in [1.165, 1.54) is 11.2 Å². The first-order chi connectivity index (χ1) is 13.8. The molecule has 10 heteroatoms. The standard InChI is InChI=1S/C19H20N4O4S2/c1-13(24)15-3-5-17(6-4-15)22-7-9-23(10-8-22)29(25,26)18-11-16(12-28-18)19-20-14(2)27-21-19/h3-6,11-12H,7-10H2,1-2H3. The van der Waals surface area contributed by atoms with Crippen molar-refractivity contribution in [2.45, 2.75) is 18.1 Å². The van der Waals surface area contributed by atoms with Crippen molar-refractivity contribution >= 4 is 32.8 Å². The first-order valence-electron chi connectivity index (χ1n) is 9.10. The smallest absolute Gasteiger partial charge is 0.252 e. The Kier molecular flexibility index (Phi) is 5.24. The topological polar surface area (TPSA) is 96.6 Å². The summed E-state index contributed by atoms with van der Waals surface area (Å²) in [6, 6.07) is 9.00. The fourth-order valence-electron chi connectivity index (χ4n) is 3.21. The Labute approximate surface area is 172 Å². The van der Waals surface area contributed by atoms with Crippen molar-refractivity contribution in [2.75, 3.05) is 31.1 Å². The van der Waals surface area contributed by atoms with Gasteiger partial charge in [0, 0.05) is 55.3 Å². The highest BCUT2D eigenvalue weighted by Gasteiger charge is 2.30. The number of Topliss-reactive ketones (excluding diaryl/α,β-unsaturated/α-hetero) is 1. The van der Waals surface area contributed by atoms with Gasteiger partial charge in [-0.15, -0.1) is 11.3 Å². The summed E-state index contributed by atoms with van der Waals surface area (Å²) in [5.74, 6) is 0.848. The number of carbonyl (C=O) groups is 1. The molecule has 8 nitrogen and oxygen atoms in total. The molecule has 1 aliphatic rings. The van der Waals surface area contributed by atoms with Crippen molar-refractivity contribution in [1.29, 1.82) is 0 Å². The van der Waals surface area contributed by atoms with Crippen LogP contribution in [0.3, 0.4) is 0 Å². The summed E-state index contributed by atoms with van der Waals surface area (Å²) in [4.78, 5) is 17.7. The van der Waals surface area contributed by atoms with Crippen LogP contribution in [0.15, 0.2) is 44.4 Å². The monoisotopic (exact) mass is 432 g/mol. The minimum Gasteiger partial charge on any atom is -0.369 e. The second-order valence-corrected chi connectivity index (χ2v) is 9.86. The third kappa shape index (κ3) is 3.96. The lowest BCUT2D eigenvalue weighted by Crippen LogP contribution is -2.48. The molecular weight excluding hydrogens is 412 g/mol. The summed E-state index contributed by atoms with van der Waals surface area (Å²) in [5, 5.41) is 5.57. The fraction of sp³-hybridized carbons (Fsp3) is 0.316. The van der Waals surface area contributed by atoms with E-state index in [0.717, 1.165) is 17.0 Å². The number of hydrogen-bond donors (Lipinski definition) is 0. The number of nitrogens with zero attached hydrogens (tertiary/aromatic N) is 4. The number of hydrogen-bond acceptors (Lipinski definition) is 8. The van der Waals surface area contributed by atoms with Crippen LogP contribution in [0.1, 0.15) is 23.2 Å². The van der Waals surface area contributed by atoms with Crippen LogP contribution in [0.25, 0.3) is 11.4 Å². The Morgan fingerprint density at radius 3 is 2.41 bits per heavy atom. The van der Waals surface area contributed by atoms with Gasteiger partial charge >= 0.3 is 0 Å². The summed E-state index contributed by atoms with van der Waals surface area (Å²) in [5.41, 5.74) is 2.29. The van der Waals surface area contributed by atoms with Crippen LogP contribution in [0.4, 0.5) is 5.69 Å². The van der Waals surface area contributed by atoms with E-state index >= 15 is 0 Å². The first kappa shape index (κ1) is 19.7. The van der Waals surface area contributed by atoms with Crippen molar-refractivity contribution in [2.24, 2.45) is 0 Å². The molecule has 1 saturated heterocycles. The molecule has 0 amide bonds. The van der Waals surface area contributed by atoms with Gasteiger partial charge in [-0.3, -0.25) is 4.79 Å². The molecule has 1 aliphatic heterocycles. The Morgan fingerprint density at radius 1 is 1.14 bits per heavy atom. The summed E-state index contributed by atoms with van der Waals surface area (Å²) >= 11 is 1.16. The quantitative estimate of drug-likeness (QED) is 0.572. The third-order valence-electron chi connectivity index (χ3n) is 4.83. The molecule has 0 aliphatic carbocycles. The fourth-order valence-corrected chi connectivity index (χ4v) is 5.94. The maximum absolute atomic E-state index is 13.0. The number of rotatable bonds is 5. The zero-order valence-electron chi connectivity index (χ0n) is 16.0. The molecule has 1 fully saturated rings. The molecule has 0 atom stereocenters. The maximum Gasteiger partial charge on any atom is 0.252 e. The number of aryl methyl sites for hydroxylation is 1. The van der Waals surface area contributed by atoms with Crippen LogP contribution >= 0.6 is 11.3 Å². The molecule has 152 valence electrons. The van der Waals surface area contributed by atoms with Crippen LogP contribution in [0.5, 0.6) is 0 Å². The van der Waals surface area contributed by atoms with Gasteiger partial charge in [0.05, 0.1) is 0 Å². The van der Waals surface area contributed by atoms with Gasteiger partial charge in [-0.2, -0.15) is 9.29 Å². The summed E-state index contributed by atoms with van der Waals surface area (Å²) in [6.07, 6.45) is 0. The molecule has 0 unspecified atom stereocenters. The lowest BCUT2D eigenvalue weighted by atomic mass is 10.1. The van der Waals surface area contributed by atoms with Crippen molar-refractivity contribution in [3.05, 3.63) is 47.2 Å². The Balaban J connectivity index is 1.45. The minimum atomic E-state index is -3.57. The van der Waals surface area contributed by atoms with Crippen LogP contribution in [0, 0.1) is 6.92 Å². The van der Waals surface area contributed by atoms with Crippen LogP contribution < -0.4 is 4.90 Å². The number of thiophene rings is 1. The zero-order valence-corrected chi connectivity index (χ0v) is 17.7. The van der Waals surface area contributed by atoms with Crippen molar-refractivity contribution in [1.82, 2.24) is 14.4 Å². The largest absolute Gasteiger partial charge is 0.369 e. The first-order valence-corrected chi connectivity index (χ1v) is 11.4. The highest BCUT2D eigenvalue weighted by atomic mass is 32.2. The number of piperazine rings is 1. The number of sulfonamides is 1. The molecule has 2 aromatic heterocycles. The molecule has 0 spiro atoms. The summed E-state index contributed by atoms with van der Waals surface area (Å²) in [6.45, 7) is 5.18. The van der Waals surface area contributed by atoms with E-state index in [9.17, 15) is 13.2 Å². The molecule has 0 saturated carbocycles. The summed E-state index contributed by atoms with van der Waals surface area (Å²) < 4.78 is 32.8. The predicted molar refractivity (Wildman–Crippen MR) is 110 cm³/mol. The lowest BCUT2D eigenvalue weighted by molar-refractivity contribution is 0.101. The van der Waals surface area contributed by atoms with E-state index in [-0.39, 0.29) is 9.99 Å². The van der Waals surface area contributed by atoms with E-state index in [1.54, 1.807) is 30.5 Å². The van der Waals surface area contributed by atoms with Crippen molar-refractivity contribution in [3.63, 3.8) is 0 Å². The molecule has 3 heterocycles. The van der Waals surface area contributed by atoms with E-state index in [0.29, 0.717) is 49.0 Å². The molecule has 0 bridgehead atoms. The second kappa shape index (κ2) is 7.69. The van der Waals surface area contributed by atoms with Gasteiger partial charge < -0.3 is 9.42 Å². The number of ketones is 1. The van der Waals surface area contributed by atoms with Gasteiger partial charge in [0.1, 0.15) is 4.21 Å². The maximum atomic E-state index is 13.0.